The van der Waals surface area contributed by atoms with Crippen molar-refractivity contribution in [2.75, 3.05) is 26.2 Å². The van der Waals surface area contributed by atoms with E-state index in [0.29, 0.717) is 17.9 Å². The van der Waals surface area contributed by atoms with Gasteiger partial charge in [0.05, 0.1) is 5.69 Å². The zero-order chi connectivity index (χ0) is 23.8. The summed E-state index contributed by atoms with van der Waals surface area (Å²) in [7, 11) is 0. The quantitative estimate of drug-likeness (QED) is 0.322. The summed E-state index contributed by atoms with van der Waals surface area (Å²) >= 11 is 1.60. The number of hydrogen-bond donors (Lipinski definition) is 1. The highest BCUT2D eigenvalue weighted by Gasteiger charge is 2.26. The van der Waals surface area contributed by atoms with E-state index >= 15 is 0 Å². The van der Waals surface area contributed by atoms with Gasteiger partial charge in [-0.25, -0.2) is 4.39 Å². The third-order valence-corrected chi connectivity index (χ3v) is 7.46. The normalized spacial score (nSPS) is 16.3. The molecule has 0 unspecified atom stereocenters. The molecular weight excluding hydrogens is 469 g/mol. The van der Waals surface area contributed by atoms with Crippen LogP contribution in [-0.2, 0) is 0 Å². The molecule has 0 radical (unpaired) electrons. The lowest BCUT2D eigenvalue weighted by molar-refractivity contribution is 0.0592. The highest BCUT2D eigenvalue weighted by atomic mass is 32.1. The van der Waals surface area contributed by atoms with E-state index in [-0.39, 0.29) is 18.3 Å². The van der Waals surface area contributed by atoms with Crippen molar-refractivity contribution in [3.63, 3.8) is 0 Å². The molecule has 180 valence electrons. The molecule has 0 spiro atoms. The van der Waals surface area contributed by atoms with E-state index in [1.165, 1.54) is 12.1 Å². The summed E-state index contributed by atoms with van der Waals surface area (Å²) in [6.07, 6.45) is 1.23. The van der Waals surface area contributed by atoms with Crippen LogP contribution < -0.4 is 4.74 Å². The minimum atomic E-state index is -0.594. The number of ether oxygens (including phenoxy) is 1. The highest BCUT2D eigenvalue weighted by Crippen LogP contribution is 2.34. The zero-order valence-electron chi connectivity index (χ0n) is 18.9. The summed E-state index contributed by atoms with van der Waals surface area (Å²) < 4.78 is 30.9. The number of aliphatic hydroxyl groups excluding tert-OH is 1. The number of likely N-dealkylation sites (tertiary alicyclic amines) is 1. The van der Waals surface area contributed by atoms with Crippen LogP contribution in [-0.4, -0.2) is 52.7 Å². The smallest absolute Gasteiger partial charge is 0.178 e. The van der Waals surface area contributed by atoms with Crippen molar-refractivity contribution in [2.45, 2.75) is 24.9 Å². The van der Waals surface area contributed by atoms with Gasteiger partial charge in [0, 0.05) is 29.5 Å². The lowest BCUT2D eigenvalue weighted by Gasteiger charge is -2.32. The summed E-state index contributed by atoms with van der Waals surface area (Å²) in [6.45, 7) is 2.46. The maximum Gasteiger partial charge on any atom is 0.178 e. The average molecular weight is 494 g/mol. The highest BCUT2D eigenvalue weighted by molar-refractivity contribution is 7.17. The molecule has 1 atom stereocenters. The third kappa shape index (κ3) is 4.54. The molecule has 1 fully saturated rings. The number of thiophene rings is 1. The summed E-state index contributed by atoms with van der Waals surface area (Å²) in [5.74, 6) is 0.647. The fraction of sp³-hybridized carbons (Fsp3) is 0.308. The molecule has 1 aliphatic rings. The number of piperidine rings is 1. The molecule has 3 aromatic heterocycles. The lowest BCUT2D eigenvalue weighted by atomic mass is 9.91. The number of nitrogens with zero attached hydrogens (tertiary/aromatic N) is 3. The minimum Gasteiger partial charge on any atom is -0.491 e. The van der Waals surface area contributed by atoms with E-state index in [1.807, 2.05) is 35.7 Å². The van der Waals surface area contributed by atoms with Crippen LogP contribution in [0.25, 0.3) is 32.5 Å². The Bertz CT molecular complexity index is 1440. The van der Waals surface area contributed by atoms with Gasteiger partial charge < -0.3 is 23.8 Å². The van der Waals surface area contributed by atoms with E-state index in [4.69, 9.17) is 13.8 Å². The number of benzene rings is 2. The molecule has 0 aliphatic carbocycles. The molecule has 35 heavy (non-hydrogen) atoms. The van der Waals surface area contributed by atoms with Gasteiger partial charge in [-0.1, -0.05) is 10.3 Å². The molecule has 2 aromatic carbocycles. The van der Waals surface area contributed by atoms with Crippen molar-refractivity contribution in [2.24, 2.45) is 0 Å². The fourth-order valence-corrected chi connectivity index (χ4v) is 5.54. The zero-order valence-corrected chi connectivity index (χ0v) is 19.7. The van der Waals surface area contributed by atoms with E-state index in [2.05, 4.69) is 15.2 Å². The molecule has 1 N–H and O–H groups in total. The second kappa shape index (κ2) is 9.41. The predicted molar refractivity (Wildman–Crippen MR) is 131 cm³/mol. The van der Waals surface area contributed by atoms with E-state index in [1.54, 1.807) is 17.4 Å². The van der Waals surface area contributed by atoms with Gasteiger partial charge in [0.1, 0.15) is 34.7 Å². The summed E-state index contributed by atoms with van der Waals surface area (Å²) in [5, 5.41) is 21.8. The van der Waals surface area contributed by atoms with Gasteiger partial charge in [0.15, 0.2) is 11.2 Å². The topological polar surface area (TPSA) is 84.8 Å². The minimum absolute atomic E-state index is 0.220. The van der Waals surface area contributed by atoms with Crippen molar-refractivity contribution in [3.8, 4) is 17.0 Å². The number of aromatic nitrogens is 2. The summed E-state index contributed by atoms with van der Waals surface area (Å²) in [4.78, 5) is 2.24. The maximum atomic E-state index is 13.4. The molecule has 5 aromatic rings. The van der Waals surface area contributed by atoms with Crippen molar-refractivity contribution in [1.29, 1.82) is 0 Å². The molecule has 4 heterocycles. The molecule has 0 bridgehead atoms. The molecule has 0 saturated carbocycles. The Kier molecular flexibility index (Phi) is 5.97. The van der Waals surface area contributed by atoms with Gasteiger partial charge in [0.25, 0.3) is 0 Å². The van der Waals surface area contributed by atoms with E-state index in [9.17, 15) is 9.50 Å². The Morgan fingerprint density at radius 1 is 1.06 bits per heavy atom. The Labute approximate surface area is 204 Å². The molecule has 1 aliphatic heterocycles. The number of halogens is 1. The van der Waals surface area contributed by atoms with Crippen LogP contribution in [0.5, 0.6) is 5.75 Å². The number of rotatable bonds is 7. The van der Waals surface area contributed by atoms with Crippen LogP contribution in [0.4, 0.5) is 4.39 Å². The standard InChI is InChI=1S/C26H24FN3O4S/c27-18-3-6-21-23(13-18)34-28-24(21)17-7-10-30(11-8-17)14-19(31)15-32-20-4-1-16(2-5-20)25-26-22(33-29-25)9-12-35-26/h1-6,9,12-13,17,19,31H,7-8,10-11,14-15H2/t19-/m1/s1. The first kappa shape index (κ1) is 22.2. The molecular formula is C26H24FN3O4S. The van der Waals surface area contributed by atoms with Gasteiger partial charge in [-0.3, -0.25) is 0 Å². The second-order valence-corrected chi connectivity index (χ2v) is 9.83. The van der Waals surface area contributed by atoms with E-state index < -0.39 is 6.10 Å². The van der Waals surface area contributed by atoms with Crippen molar-refractivity contribution < 1.29 is 23.3 Å². The first-order chi connectivity index (χ1) is 17.1. The van der Waals surface area contributed by atoms with Gasteiger partial charge in [0.2, 0.25) is 0 Å². The van der Waals surface area contributed by atoms with Crippen LogP contribution in [0.15, 0.2) is 63.0 Å². The number of aliphatic hydroxyl groups is 1. The first-order valence-electron chi connectivity index (χ1n) is 11.7. The summed E-state index contributed by atoms with van der Waals surface area (Å²) in [6, 6.07) is 14.1. The van der Waals surface area contributed by atoms with Gasteiger partial charge in [-0.2, -0.15) is 0 Å². The van der Waals surface area contributed by atoms with Crippen molar-refractivity contribution in [1.82, 2.24) is 15.2 Å². The first-order valence-corrected chi connectivity index (χ1v) is 12.5. The summed E-state index contributed by atoms with van der Waals surface area (Å²) in [5.41, 5.74) is 3.98. The lowest BCUT2D eigenvalue weighted by Crippen LogP contribution is -2.40. The van der Waals surface area contributed by atoms with Gasteiger partial charge in [-0.05, 0) is 73.8 Å². The van der Waals surface area contributed by atoms with Crippen LogP contribution in [0.3, 0.4) is 0 Å². The number of fused-ring (bicyclic) bond motifs is 2. The Morgan fingerprint density at radius 3 is 2.69 bits per heavy atom. The predicted octanol–water partition coefficient (Wildman–Crippen LogP) is 5.46. The molecule has 1 saturated heterocycles. The van der Waals surface area contributed by atoms with Crippen LogP contribution >= 0.6 is 11.3 Å². The number of β-amino-alcohol motifs (C(OH)–C–C–N with tert-alkyl or cyclic N) is 1. The SMILES string of the molecule is O[C@@H](COc1ccc(-c2noc3ccsc23)cc1)CN1CCC(c2noc3cc(F)ccc23)CC1. The Balaban J connectivity index is 0.994. The number of hydrogen-bond acceptors (Lipinski definition) is 8. The van der Waals surface area contributed by atoms with Crippen molar-refractivity contribution >= 4 is 32.6 Å². The Hall–Kier alpha value is -3.27. The van der Waals surface area contributed by atoms with Crippen LogP contribution in [0.1, 0.15) is 24.5 Å². The monoisotopic (exact) mass is 493 g/mol. The molecule has 9 heteroatoms. The largest absolute Gasteiger partial charge is 0.491 e. The maximum absolute atomic E-state index is 13.4. The van der Waals surface area contributed by atoms with Gasteiger partial charge >= 0.3 is 0 Å². The van der Waals surface area contributed by atoms with Gasteiger partial charge in [-0.15, -0.1) is 11.3 Å². The third-order valence-electron chi connectivity index (χ3n) is 6.55. The van der Waals surface area contributed by atoms with Crippen LogP contribution in [0.2, 0.25) is 0 Å². The molecule has 0 amide bonds. The molecule has 6 rings (SSSR count). The molecule has 7 nitrogen and oxygen atoms in total. The fourth-order valence-electron chi connectivity index (χ4n) is 4.73. The van der Waals surface area contributed by atoms with Crippen molar-refractivity contribution in [3.05, 3.63) is 65.4 Å². The van der Waals surface area contributed by atoms with Crippen LogP contribution in [0, 0.1) is 5.82 Å². The average Bonchev–Trinajstić information content (AvgIpc) is 3.60. The Morgan fingerprint density at radius 2 is 1.86 bits per heavy atom. The second-order valence-electron chi connectivity index (χ2n) is 8.92. The van der Waals surface area contributed by atoms with E-state index in [0.717, 1.165) is 58.6 Å².